The van der Waals surface area contributed by atoms with Crippen LogP contribution in [0.3, 0.4) is 0 Å². The number of carboxylic acid groups (broad SMARTS) is 1. The smallest absolute Gasteiger partial charge is 0.311 e. The Bertz CT molecular complexity index is 406. The Balaban J connectivity index is 2.85. The predicted molar refractivity (Wildman–Crippen MR) is 84.9 cm³/mol. The molecule has 0 saturated heterocycles. The van der Waals surface area contributed by atoms with E-state index in [0.717, 1.165) is 12.8 Å². The molecule has 0 aliphatic heterocycles. The number of hydrogen-bond acceptors (Lipinski definition) is 5. The number of carbonyl (C=O) groups is 2. The molecule has 0 heterocycles. The summed E-state index contributed by atoms with van der Waals surface area (Å²) in [4.78, 5) is 24.2. The Kier molecular flexibility index (Phi) is 7.02. The third-order valence-electron chi connectivity index (χ3n) is 4.26. The summed E-state index contributed by atoms with van der Waals surface area (Å²) >= 11 is 0. The number of ether oxygens (including phenoxy) is 3. The number of esters is 1. The molecule has 1 saturated carbocycles. The van der Waals surface area contributed by atoms with E-state index in [-0.39, 0.29) is 13.0 Å². The summed E-state index contributed by atoms with van der Waals surface area (Å²) in [5.41, 5.74) is -1.46. The molecule has 23 heavy (non-hydrogen) atoms. The van der Waals surface area contributed by atoms with Crippen molar-refractivity contribution in [1.29, 1.82) is 0 Å². The lowest BCUT2D eigenvalue weighted by Gasteiger charge is -2.30. The predicted octanol–water partition coefficient (Wildman–Crippen LogP) is 2.99. The maximum absolute atomic E-state index is 12.5. The molecular formula is C17H30O6. The first-order chi connectivity index (χ1) is 10.6. The molecule has 1 aliphatic carbocycles. The average molecular weight is 330 g/mol. The van der Waals surface area contributed by atoms with Crippen molar-refractivity contribution in [3.05, 3.63) is 0 Å². The lowest BCUT2D eigenvalue weighted by Crippen LogP contribution is -2.38. The second-order valence-electron chi connectivity index (χ2n) is 7.36. The van der Waals surface area contributed by atoms with Crippen LogP contribution in [0.25, 0.3) is 0 Å². The van der Waals surface area contributed by atoms with Gasteiger partial charge in [0.05, 0.1) is 17.9 Å². The molecular weight excluding hydrogens is 300 g/mol. The molecule has 0 aromatic heterocycles. The molecule has 2 atom stereocenters. The summed E-state index contributed by atoms with van der Waals surface area (Å²) in [7, 11) is 1.52. The highest BCUT2D eigenvalue weighted by atomic mass is 16.7. The van der Waals surface area contributed by atoms with E-state index < -0.39 is 35.2 Å². The number of carboxylic acids is 1. The van der Waals surface area contributed by atoms with E-state index in [2.05, 4.69) is 0 Å². The van der Waals surface area contributed by atoms with E-state index >= 15 is 0 Å². The highest BCUT2D eigenvalue weighted by molar-refractivity contribution is 5.78. The zero-order chi connectivity index (χ0) is 17.7. The van der Waals surface area contributed by atoms with Crippen LogP contribution in [0.2, 0.25) is 0 Å². The van der Waals surface area contributed by atoms with Gasteiger partial charge in [-0.3, -0.25) is 9.59 Å². The van der Waals surface area contributed by atoms with Gasteiger partial charge in [-0.15, -0.1) is 0 Å². The van der Waals surface area contributed by atoms with Gasteiger partial charge >= 0.3 is 11.9 Å². The summed E-state index contributed by atoms with van der Waals surface area (Å²) in [5.74, 6) is -1.85. The molecule has 0 amide bonds. The topological polar surface area (TPSA) is 82.1 Å². The van der Waals surface area contributed by atoms with Crippen LogP contribution in [0.4, 0.5) is 0 Å². The van der Waals surface area contributed by atoms with Crippen LogP contribution in [-0.4, -0.2) is 42.7 Å². The fourth-order valence-electron chi connectivity index (χ4n) is 2.94. The SMILES string of the molecule is COC(C)OCC(CC1(C(=O)O)CCCC1)C(=O)OC(C)(C)C. The van der Waals surface area contributed by atoms with E-state index in [9.17, 15) is 14.7 Å². The van der Waals surface area contributed by atoms with Crippen LogP contribution in [0, 0.1) is 11.3 Å². The molecule has 0 aromatic rings. The van der Waals surface area contributed by atoms with Crippen LogP contribution in [0.15, 0.2) is 0 Å². The third-order valence-corrected chi connectivity index (χ3v) is 4.26. The van der Waals surface area contributed by atoms with Gasteiger partial charge in [-0.05, 0) is 47.0 Å². The summed E-state index contributed by atoms with van der Waals surface area (Å²) in [6.07, 6.45) is 2.74. The lowest BCUT2D eigenvalue weighted by atomic mass is 9.78. The molecule has 1 N–H and O–H groups in total. The molecule has 134 valence electrons. The van der Waals surface area contributed by atoms with Gasteiger partial charge in [-0.1, -0.05) is 12.8 Å². The highest BCUT2D eigenvalue weighted by Gasteiger charge is 2.45. The maximum atomic E-state index is 12.5. The number of methoxy groups -OCH3 is 1. The molecule has 6 heteroatoms. The van der Waals surface area contributed by atoms with Crippen molar-refractivity contribution in [2.24, 2.45) is 11.3 Å². The van der Waals surface area contributed by atoms with Gasteiger partial charge in [0.15, 0.2) is 6.29 Å². The first kappa shape index (κ1) is 19.9. The van der Waals surface area contributed by atoms with E-state index in [1.807, 2.05) is 0 Å². The molecule has 0 radical (unpaired) electrons. The van der Waals surface area contributed by atoms with Crippen molar-refractivity contribution in [1.82, 2.24) is 0 Å². The van der Waals surface area contributed by atoms with Crippen LogP contribution < -0.4 is 0 Å². The van der Waals surface area contributed by atoms with Crippen molar-refractivity contribution in [3.63, 3.8) is 0 Å². The largest absolute Gasteiger partial charge is 0.481 e. The Labute approximate surface area is 138 Å². The molecule has 6 nitrogen and oxygen atoms in total. The number of rotatable bonds is 8. The lowest BCUT2D eigenvalue weighted by molar-refractivity contribution is -0.172. The summed E-state index contributed by atoms with van der Waals surface area (Å²) < 4.78 is 16.0. The van der Waals surface area contributed by atoms with Gasteiger partial charge in [0, 0.05) is 7.11 Å². The second kappa shape index (κ2) is 8.11. The summed E-state index contributed by atoms with van der Waals surface area (Å²) in [6, 6.07) is 0. The Morgan fingerprint density at radius 1 is 1.22 bits per heavy atom. The number of aliphatic carboxylic acids is 1. The standard InChI is InChI=1S/C17H30O6/c1-12(21-5)22-11-13(14(18)23-16(2,3)4)10-17(15(19)20)8-6-7-9-17/h12-13H,6-11H2,1-5H3,(H,19,20). The molecule has 0 bridgehead atoms. The maximum Gasteiger partial charge on any atom is 0.311 e. The van der Waals surface area contributed by atoms with Crippen molar-refractivity contribution < 1.29 is 28.9 Å². The van der Waals surface area contributed by atoms with E-state index in [0.29, 0.717) is 12.8 Å². The van der Waals surface area contributed by atoms with Gasteiger partial charge in [-0.2, -0.15) is 0 Å². The Morgan fingerprint density at radius 3 is 2.22 bits per heavy atom. The molecule has 1 rings (SSSR count). The average Bonchev–Trinajstić information content (AvgIpc) is 2.91. The van der Waals surface area contributed by atoms with Gasteiger partial charge < -0.3 is 19.3 Å². The number of hydrogen-bond donors (Lipinski definition) is 1. The van der Waals surface area contributed by atoms with Crippen molar-refractivity contribution in [2.75, 3.05) is 13.7 Å². The van der Waals surface area contributed by atoms with Gasteiger partial charge in [0.2, 0.25) is 0 Å². The summed E-state index contributed by atoms with van der Waals surface area (Å²) in [6.45, 7) is 7.21. The minimum atomic E-state index is -0.846. The summed E-state index contributed by atoms with van der Waals surface area (Å²) in [5, 5.41) is 9.63. The van der Waals surface area contributed by atoms with Crippen molar-refractivity contribution in [2.45, 2.75) is 71.7 Å². The Hall–Kier alpha value is -1.14. The molecule has 1 aliphatic rings. The fraction of sp³-hybridized carbons (Fsp3) is 0.882. The molecule has 0 aromatic carbocycles. The van der Waals surface area contributed by atoms with Gasteiger partial charge in [-0.25, -0.2) is 0 Å². The first-order valence-corrected chi connectivity index (χ1v) is 8.20. The van der Waals surface area contributed by atoms with Gasteiger partial charge in [0.1, 0.15) is 5.60 Å². The molecule has 1 fully saturated rings. The Morgan fingerprint density at radius 2 is 1.78 bits per heavy atom. The minimum absolute atomic E-state index is 0.0962. The molecule has 0 spiro atoms. The third kappa shape index (κ3) is 6.11. The zero-order valence-corrected chi connectivity index (χ0v) is 14.9. The van der Waals surface area contributed by atoms with E-state index in [1.165, 1.54) is 7.11 Å². The van der Waals surface area contributed by atoms with Crippen LogP contribution in [0.5, 0.6) is 0 Å². The van der Waals surface area contributed by atoms with Gasteiger partial charge in [0.25, 0.3) is 0 Å². The molecule has 2 unspecified atom stereocenters. The minimum Gasteiger partial charge on any atom is -0.481 e. The quantitative estimate of drug-likeness (QED) is 0.544. The normalized spacial score (nSPS) is 20.0. The van der Waals surface area contributed by atoms with Crippen LogP contribution in [-0.2, 0) is 23.8 Å². The van der Waals surface area contributed by atoms with Crippen LogP contribution >= 0.6 is 0 Å². The van der Waals surface area contributed by atoms with E-state index in [4.69, 9.17) is 14.2 Å². The zero-order valence-electron chi connectivity index (χ0n) is 14.9. The number of carbonyl (C=O) groups excluding carboxylic acids is 1. The highest BCUT2D eigenvalue weighted by Crippen LogP contribution is 2.44. The second-order valence-corrected chi connectivity index (χ2v) is 7.36. The monoisotopic (exact) mass is 330 g/mol. The van der Waals surface area contributed by atoms with Crippen molar-refractivity contribution in [3.8, 4) is 0 Å². The van der Waals surface area contributed by atoms with Crippen molar-refractivity contribution >= 4 is 11.9 Å². The van der Waals surface area contributed by atoms with E-state index in [1.54, 1.807) is 27.7 Å². The van der Waals surface area contributed by atoms with Crippen LogP contribution in [0.1, 0.15) is 59.8 Å². The fourth-order valence-corrected chi connectivity index (χ4v) is 2.94. The first-order valence-electron chi connectivity index (χ1n) is 8.20.